The molecule has 0 saturated heterocycles. The van der Waals surface area contributed by atoms with E-state index in [2.05, 4.69) is 49.1 Å². The summed E-state index contributed by atoms with van der Waals surface area (Å²) in [4.78, 5) is 16.3. The maximum atomic E-state index is 12.1. The minimum atomic E-state index is -0.0783. The monoisotopic (exact) mass is 402 g/mol. The van der Waals surface area contributed by atoms with Crippen LogP contribution in [0, 0.1) is 0 Å². The van der Waals surface area contributed by atoms with Crippen LogP contribution in [-0.4, -0.2) is 17.4 Å². The molecule has 6 heteroatoms. The summed E-state index contributed by atoms with van der Waals surface area (Å²) in [5.41, 5.74) is 0.632. The van der Waals surface area contributed by atoms with Crippen molar-refractivity contribution in [2.45, 2.75) is 12.8 Å². The van der Waals surface area contributed by atoms with Crippen molar-refractivity contribution in [2.24, 2.45) is 0 Å². The van der Waals surface area contributed by atoms with Gasteiger partial charge in [0.05, 0.1) is 5.01 Å². The van der Waals surface area contributed by atoms with Crippen LogP contribution < -0.4 is 5.32 Å². The molecule has 0 aliphatic carbocycles. The number of rotatable bonds is 4. The Morgan fingerprint density at radius 2 is 2.05 bits per heavy atom. The first-order valence-corrected chi connectivity index (χ1v) is 8.16. The smallest absolute Gasteiger partial charge is 0.251 e. The van der Waals surface area contributed by atoms with Gasteiger partial charge in [-0.25, -0.2) is 4.98 Å². The summed E-state index contributed by atoms with van der Waals surface area (Å²) < 4.78 is 1.75. The second-order valence-corrected chi connectivity index (χ2v) is 6.90. The third-order valence-electron chi connectivity index (χ3n) is 2.57. The van der Waals surface area contributed by atoms with Crippen LogP contribution in [0.5, 0.6) is 0 Å². The Kier molecular flexibility index (Phi) is 5.13. The van der Waals surface area contributed by atoms with Crippen LogP contribution in [0.3, 0.4) is 0 Å². The molecular formula is C13H12Br2N2OS. The summed E-state index contributed by atoms with van der Waals surface area (Å²) in [5.74, 6) is 0.143. The Hall–Kier alpha value is -0.720. The van der Waals surface area contributed by atoms with Gasteiger partial charge >= 0.3 is 0 Å². The number of carbonyl (C=O) groups excluding carboxylic acids is 1. The average Bonchev–Trinajstić information content (AvgIpc) is 2.88. The first-order valence-electron chi connectivity index (χ1n) is 5.70. The van der Waals surface area contributed by atoms with Crippen LogP contribution in [0.2, 0.25) is 0 Å². The van der Waals surface area contributed by atoms with Crippen molar-refractivity contribution in [3.8, 4) is 0 Å². The van der Waals surface area contributed by atoms with Crippen LogP contribution >= 0.6 is 43.2 Å². The summed E-state index contributed by atoms with van der Waals surface area (Å²) in [6, 6.07) is 5.50. The quantitative estimate of drug-likeness (QED) is 0.830. The van der Waals surface area contributed by atoms with E-state index in [1.807, 2.05) is 11.4 Å². The molecule has 0 spiro atoms. The van der Waals surface area contributed by atoms with Gasteiger partial charge in [-0.15, -0.1) is 11.3 Å². The van der Waals surface area contributed by atoms with Gasteiger partial charge in [0.2, 0.25) is 0 Å². The third kappa shape index (κ3) is 4.12. The van der Waals surface area contributed by atoms with Crippen molar-refractivity contribution in [1.82, 2.24) is 10.3 Å². The van der Waals surface area contributed by atoms with E-state index >= 15 is 0 Å². The molecule has 100 valence electrons. The summed E-state index contributed by atoms with van der Waals surface area (Å²) in [5, 5.41) is 5.91. The zero-order valence-corrected chi connectivity index (χ0v) is 14.2. The summed E-state index contributed by atoms with van der Waals surface area (Å²) in [7, 11) is 0. The first kappa shape index (κ1) is 14.7. The van der Waals surface area contributed by atoms with Gasteiger partial charge in [0, 0.05) is 38.5 Å². The van der Waals surface area contributed by atoms with Gasteiger partial charge in [0.15, 0.2) is 0 Å². The fourth-order valence-corrected chi connectivity index (χ4v) is 3.59. The molecule has 1 aromatic heterocycles. The SMILES string of the molecule is CC(CNC(=O)c1cc(Br)cc(Br)c1)c1nccs1. The van der Waals surface area contributed by atoms with Crippen LogP contribution in [0.1, 0.15) is 28.2 Å². The predicted octanol–water partition coefficient (Wildman–Crippen LogP) is 4.20. The number of benzene rings is 1. The third-order valence-corrected chi connectivity index (χ3v) is 4.49. The van der Waals surface area contributed by atoms with Gasteiger partial charge in [0.25, 0.3) is 5.91 Å². The molecule has 0 bridgehead atoms. The lowest BCUT2D eigenvalue weighted by molar-refractivity contribution is 0.0951. The van der Waals surface area contributed by atoms with E-state index in [0.717, 1.165) is 14.0 Å². The number of amides is 1. The lowest BCUT2D eigenvalue weighted by Crippen LogP contribution is -2.27. The Morgan fingerprint density at radius 3 is 2.63 bits per heavy atom. The number of thiazole rings is 1. The van der Waals surface area contributed by atoms with E-state index in [0.29, 0.717) is 12.1 Å². The first-order chi connectivity index (χ1) is 9.06. The van der Waals surface area contributed by atoms with E-state index in [9.17, 15) is 4.79 Å². The molecule has 0 aliphatic heterocycles. The Morgan fingerprint density at radius 1 is 1.37 bits per heavy atom. The Bertz CT molecular complexity index is 552. The van der Waals surface area contributed by atoms with Crippen molar-refractivity contribution in [1.29, 1.82) is 0 Å². The van der Waals surface area contributed by atoms with Gasteiger partial charge < -0.3 is 5.32 Å². The number of hydrogen-bond donors (Lipinski definition) is 1. The number of carbonyl (C=O) groups is 1. The number of hydrogen-bond acceptors (Lipinski definition) is 3. The Labute approximate surface area is 132 Å². The van der Waals surface area contributed by atoms with Crippen LogP contribution in [0.15, 0.2) is 38.7 Å². The maximum Gasteiger partial charge on any atom is 0.251 e. The van der Waals surface area contributed by atoms with Crippen LogP contribution in [0.25, 0.3) is 0 Å². The lowest BCUT2D eigenvalue weighted by Gasteiger charge is -2.10. The number of nitrogens with zero attached hydrogens (tertiary/aromatic N) is 1. The molecule has 3 nitrogen and oxygen atoms in total. The molecular weight excluding hydrogens is 392 g/mol. The van der Waals surface area contributed by atoms with E-state index in [1.54, 1.807) is 29.7 Å². The zero-order valence-electron chi connectivity index (χ0n) is 10.2. The highest BCUT2D eigenvalue weighted by molar-refractivity contribution is 9.11. The molecule has 0 saturated carbocycles. The minimum Gasteiger partial charge on any atom is -0.351 e. The minimum absolute atomic E-state index is 0.0783. The maximum absolute atomic E-state index is 12.1. The molecule has 0 radical (unpaired) electrons. The average molecular weight is 404 g/mol. The van der Waals surface area contributed by atoms with Crippen molar-refractivity contribution in [2.75, 3.05) is 6.54 Å². The number of aromatic nitrogens is 1. The summed E-state index contributed by atoms with van der Waals surface area (Å²) in [6.07, 6.45) is 1.78. The molecule has 19 heavy (non-hydrogen) atoms. The highest BCUT2D eigenvalue weighted by atomic mass is 79.9. The van der Waals surface area contributed by atoms with Crippen LogP contribution in [-0.2, 0) is 0 Å². The van der Waals surface area contributed by atoms with Crippen molar-refractivity contribution < 1.29 is 4.79 Å². The van der Waals surface area contributed by atoms with E-state index in [1.165, 1.54) is 0 Å². The zero-order chi connectivity index (χ0) is 13.8. The topological polar surface area (TPSA) is 42.0 Å². The molecule has 1 amide bonds. The van der Waals surface area contributed by atoms with Gasteiger partial charge in [0.1, 0.15) is 0 Å². The fraction of sp³-hybridized carbons (Fsp3) is 0.231. The number of halogens is 2. The molecule has 1 heterocycles. The molecule has 1 aromatic carbocycles. The van der Waals surface area contributed by atoms with Gasteiger partial charge in [-0.3, -0.25) is 4.79 Å². The highest BCUT2D eigenvalue weighted by Crippen LogP contribution is 2.20. The fourth-order valence-electron chi connectivity index (χ4n) is 1.60. The second-order valence-electron chi connectivity index (χ2n) is 4.14. The van der Waals surface area contributed by atoms with Gasteiger partial charge in [-0.1, -0.05) is 38.8 Å². The van der Waals surface area contributed by atoms with Crippen molar-refractivity contribution in [3.05, 3.63) is 49.3 Å². The van der Waals surface area contributed by atoms with Gasteiger partial charge in [-0.2, -0.15) is 0 Å². The lowest BCUT2D eigenvalue weighted by atomic mass is 10.1. The number of nitrogens with one attached hydrogen (secondary N) is 1. The Balaban J connectivity index is 1.98. The molecule has 1 N–H and O–H groups in total. The molecule has 2 aromatic rings. The largest absolute Gasteiger partial charge is 0.351 e. The summed E-state index contributed by atoms with van der Waals surface area (Å²) >= 11 is 8.35. The van der Waals surface area contributed by atoms with Crippen molar-refractivity contribution >= 4 is 49.1 Å². The summed E-state index contributed by atoms with van der Waals surface area (Å²) in [6.45, 7) is 2.63. The molecule has 1 unspecified atom stereocenters. The van der Waals surface area contributed by atoms with Gasteiger partial charge in [-0.05, 0) is 18.2 Å². The predicted molar refractivity (Wildman–Crippen MR) is 84.7 cm³/mol. The highest BCUT2D eigenvalue weighted by Gasteiger charge is 2.12. The molecule has 0 aliphatic rings. The van der Waals surface area contributed by atoms with Crippen molar-refractivity contribution in [3.63, 3.8) is 0 Å². The van der Waals surface area contributed by atoms with E-state index in [4.69, 9.17) is 0 Å². The standard InChI is InChI=1S/C13H12Br2N2OS/c1-8(13-16-2-3-19-13)7-17-12(18)9-4-10(14)6-11(15)5-9/h2-6,8H,7H2,1H3,(H,17,18). The second kappa shape index (κ2) is 6.63. The van der Waals surface area contributed by atoms with E-state index in [-0.39, 0.29) is 11.8 Å². The normalized spacial score (nSPS) is 12.2. The van der Waals surface area contributed by atoms with E-state index < -0.39 is 0 Å². The molecule has 0 fully saturated rings. The van der Waals surface area contributed by atoms with Crippen LogP contribution in [0.4, 0.5) is 0 Å². The molecule has 2 rings (SSSR count). The molecule has 1 atom stereocenters.